The summed E-state index contributed by atoms with van der Waals surface area (Å²) in [5.74, 6) is -2.00. The van der Waals surface area contributed by atoms with Crippen LogP contribution in [0.15, 0.2) is 48.5 Å². The molecule has 2 aromatic carbocycles. The fourth-order valence-electron chi connectivity index (χ4n) is 2.05. The average Bonchev–Trinajstić information content (AvgIpc) is 2.63. The molecule has 0 aromatic heterocycles. The molecule has 0 fully saturated rings. The quantitative estimate of drug-likeness (QED) is 0.723. The number of halogens is 1. The number of ether oxygens (including phenoxy) is 2. The molecule has 0 heterocycles. The third-order valence-electron chi connectivity index (χ3n) is 3.56. The lowest BCUT2D eigenvalue weighted by Gasteiger charge is -2.18. The molecular formula is C19H19FN2O5. The third kappa shape index (κ3) is 5.81. The molecule has 142 valence electrons. The zero-order chi connectivity index (χ0) is 20.0. The number of amides is 2. The Morgan fingerprint density at radius 2 is 1.56 bits per heavy atom. The molecule has 0 aliphatic heterocycles. The van der Waals surface area contributed by atoms with Crippen LogP contribution in [0.1, 0.15) is 24.2 Å². The summed E-state index contributed by atoms with van der Waals surface area (Å²) >= 11 is 0. The van der Waals surface area contributed by atoms with Gasteiger partial charge in [0.15, 0.2) is 12.2 Å². The molecule has 27 heavy (non-hydrogen) atoms. The highest BCUT2D eigenvalue weighted by molar-refractivity contribution is 5.96. The Morgan fingerprint density at radius 1 is 0.963 bits per heavy atom. The predicted molar refractivity (Wildman–Crippen MR) is 95.6 cm³/mol. The summed E-state index contributed by atoms with van der Waals surface area (Å²) in [6.07, 6.45) is -2.06. The number of nitrogens with two attached hydrogens (primary N) is 1. The minimum atomic E-state index is -1.08. The zero-order valence-corrected chi connectivity index (χ0v) is 14.8. The average molecular weight is 374 g/mol. The molecule has 8 heteroatoms. The SMILES string of the molecule is C[C@H](OC(=O)[C@H](C)Oc1ccc(F)cc1)C(=O)Nc1ccc(C(N)=O)cc1. The summed E-state index contributed by atoms with van der Waals surface area (Å²) in [4.78, 5) is 35.2. The van der Waals surface area contributed by atoms with Crippen LogP contribution in [0.3, 0.4) is 0 Å². The van der Waals surface area contributed by atoms with Crippen molar-refractivity contribution in [2.75, 3.05) is 5.32 Å². The van der Waals surface area contributed by atoms with E-state index in [4.69, 9.17) is 15.2 Å². The molecule has 0 bridgehead atoms. The molecule has 0 radical (unpaired) electrons. The second-order valence-corrected chi connectivity index (χ2v) is 5.72. The van der Waals surface area contributed by atoms with Crippen molar-refractivity contribution in [3.05, 3.63) is 59.9 Å². The molecule has 0 spiro atoms. The Labute approximate surface area is 155 Å². The Bertz CT molecular complexity index is 821. The lowest BCUT2D eigenvalue weighted by molar-refractivity contribution is -0.159. The van der Waals surface area contributed by atoms with Gasteiger partial charge in [-0.1, -0.05) is 0 Å². The molecule has 7 nitrogen and oxygen atoms in total. The van der Waals surface area contributed by atoms with Gasteiger partial charge in [0.1, 0.15) is 11.6 Å². The Morgan fingerprint density at radius 3 is 2.11 bits per heavy atom. The van der Waals surface area contributed by atoms with Gasteiger partial charge in [0.05, 0.1) is 0 Å². The smallest absolute Gasteiger partial charge is 0.347 e. The number of hydrogen-bond acceptors (Lipinski definition) is 5. The number of rotatable bonds is 7. The molecule has 0 saturated heterocycles. The van der Waals surface area contributed by atoms with E-state index in [9.17, 15) is 18.8 Å². The lowest BCUT2D eigenvalue weighted by atomic mass is 10.2. The highest BCUT2D eigenvalue weighted by Crippen LogP contribution is 2.14. The first-order valence-electron chi connectivity index (χ1n) is 8.09. The molecule has 2 amide bonds. The van der Waals surface area contributed by atoms with Gasteiger partial charge in [0.2, 0.25) is 5.91 Å². The van der Waals surface area contributed by atoms with Crippen molar-refractivity contribution in [3.63, 3.8) is 0 Å². The molecule has 2 atom stereocenters. The number of carbonyl (C=O) groups is 3. The van der Waals surface area contributed by atoms with Crippen molar-refractivity contribution >= 4 is 23.5 Å². The van der Waals surface area contributed by atoms with Crippen molar-refractivity contribution in [1.82, 2.24) is 0 Å². The summed E-state index contributed by atoms with van der Waals surface area (Å²) in [6.45, 7) is 2.87. The molecule has 0 saturated carbocycles. The van der Waals surface area contributed by atoms with E-state index in [1.807, 2.05) is 0 Å². The maximum Gasteiger partial charge on any atom is 0.347 e. The van der Waals surface area contributed by atoms with E-state index in [0.29, 0.717) is 17.0 Å². The number of nitrogens with one attached hydrogen (secondary N) is 1. The van der Waals surface area contributed by atoms with Crippen LogP contribution in [0.5, 0.6) is 5.75 Å². The van der Waals surface area contributed by atoms with Crippen LogP contribution in [-0.2, 0) is 14.3 Å². The van der Waals surface area contributed by atoms with Gasteiger partial charge in [0, 0.05) is 11.3 Å². The molecule has 3 N–H and O–H groups in total. The van der Waals surface area contributed by atoms with Crippen molar-refractivity contribution in [3.8, 4) is 5.75 Å². The van der Waals surface area contributed by atoms with E-state index >= 15 is 0 Å². The van der Waals surface area contributed by atoms with Gasteiger partial charge >= 0.3 is 5.97 Å². The van der Waals surface area contributed by atoms with Gasteiger partial charge in [-0.3, -0.25) is 9.59 Å². The molecular weight excluding hydrogens is 355 g/mol. The van der Waals surface area contributed by atoms with Crippen LogP contribution in [0.25, 0.3) is 0 Å². The number of primary amides is 1. The molecule has 2 rings (SSSR count). The van der Waals surface area contributed by atoms with E-state index in [1.54, 1.807) is 0 Å². The topological polar surface area (TPSA) is 108 Å². The van der Waals surface area contributed by atoms with Gasteiger partial charge in [-0.25, -0.2) is 9.18 Å². The number of esters is 1. The van der Waals surface area contributed by atoms with Gasteiger partial charge < -0.3 is 20.5 Å². The standard InChI is InChI=1S/C19H19FN2O5/c1-11(18(24)22-15-7-3-13(4-8-15)17(21)23)27-19(25)12(2)26-16-9-5-14(20)6-10-16/h3-12H,1-2H3,(H2,21,23)(H,22,24)/t11-,12-/m0/s1. The van der Waals surface area contributed by atoms with E-state index in [2.05, 4.69) is 5.32 Å². The van der Waals surface area contributed by atoms with Crippen LogP contribution in [0.4, 0.5) is 10.1 Å². The Balaban J connectivity index is 1.87. The van der Waals surface area contributed by atoms with Crippen molar-refractivity contribution in [1.29, 1.82) is 0 Å². The highest BCUT2D eigenvalue weighted by atomic mass is 19.1. The first kappa shape index (κ1) is 19.9. The van der Waals surface area contributed by atoms with Crippen molar-refractivity contribution in [2.45, 2.75) is 26.1 Å². The summed E-state index contributed by atoms with van der Waals surface area (Å²) in [6, 6.07) is 11.1. The fraction of sp³-hybridized carbons (Fsp3) is 0.211. The molecule has 0 unspecified atom stereocenters. The highest BCUT2D eigenvalue weighted by Gasteiger charge is 2.23. The van der Waals surface area contributed by atoms with Gasteiger partial charge in [-0.05, 0) is 62.4 Å². The molecule has 2 aromatic rings. The molecule has 0 aliphatic carbocycles. The first-order valence-corrected chi connectivity index (χ1v) is 8.09. The number of anilines is 1. The monoisotopic (exact) mass is 374 g/mol. The predicted octanol–water partition coefficient (Wildman–Crippen LogP) is 2.26. The van der Waals surface area contributed by atoms with Crippen molar-refractivity contribution < 1.29 is 28.2 Å². The third-order valence-corrected chi connectivity index (χ3v) is 3.56. The van der Waals surface area contributed by atoms with Crippen LogP contribution in [0.2, 0.25) is 0 Å². The van der Waals surface area contributed by atoms with Crippen LogP contribution >= 0.6 is 0 Å². The first-order chi connectivity index (χ1) is 12.8. The minimum absolute atomic E-state index is 0.299. The van der Waals surface area contributed by atoms with Crippen LogP contribution in [-0.4, -0.2) is 30.0 Å². The van der Waals surface area contributed by atoms with Gasteiger partial charge in [-0.15, -0.1) is 0 Å². The summed E-state index contributed by atoms with van der Waals surface area (Å²) in [5, 5.41) is 2.56. The lowest BCUT2D eigenvalue weighted by Crippen LogP contribution is -2.35. The maximum absolute atomic E-state index is 12.9. The van der Waals surface area contributed by atoms with Crippen molar-refractivity contribution in [2.24, 2.45) is 5.73 Å². The zero-order valence-electron chi connectivity index (χ0n) is 14.8. The van der Waals surface area contributed by atoms with Crippen LogP contribution in [0, 0.1) is 5.82 Å². The van der Waals surface area contributed by atoms with Crippen LogP contribution < -0.4 is 15.8 Å². The van der Waals surface area contributed by atoms with E-state index in [-0.39, 0.29) is 0 Å². The van der Waals surface area contributed by atoms with E-state index < -0.39 is 35.8 Å². The summed E-state index contributed by atoms with van der Waals surface area (Å²) in [5.41, 5.74) is 5.87. The summed E-state index contributed by atoms with van der Waals surface area (Å²) in [7, 11) is 0. The van der Waals surface area contributed by atoms with E-state index in [0.717, 1.165) is 0 Å². The number of benzene rings is 2. The molecule has 0 aliphatic rings. The second-order valence-electron chi connectivity index (χ2n) is 5.72. The second kappa shape index (κ2) is 8.79. The van der Waals surface area contributed by atoms with Gasteiger partial charge in [-0.2, -0.15) is 0 Å². The number of carbonyl (C=O) groups excluding carboxylic acids is 3. The Hall–Kier alpha value is -3.42. The minimum Gasteiger partial charge on any atom is -0.479 e. The fourth-order valence-corrected chi connectivity index (χ4v) is 2.05. The normalized spacial score (nSPS) is 12.6. The number of hydrogen-bond donors (Lipinski definition) is 2. The maximum atomic E-state index is 12.9. The largest absolute Gasteiger partial charge is 0.479 e. The van der Waals surface area contributed by atoms with Gasteiger partial charge in [0.25, 0.3) is 5.91 Å². The van der Waals surface area contributed by atoms with E-state index in [1.165, 1.54) is 62.4 Å². The Kier molecular flexibility index (Phi) is 6.48. The summed E-state index contributed by atoms with van der Waals surface area (Å²) < 4.78 is 23.3.